The summed E-state index contributed by atoms with van der Waals surface area (Å²) in [7, 11) is 0. The molecule has 1 N–H and O–H groups in total. The van der Waals surface area contributed by atoms with Gasteiger partial charge in [-0.25, -0.2) is 0 Å². The molecule has 116 valence electrons. The van der Waals surface area contributed by atoms with Crippen LogP contribution in [0.15, 0.2) is 30.3 Å². The molecule has 2 fully saturated rings. The van der Waals surface area contributed by atoms with Crippen LogP contribution in [0.5, 0.6) is 0 Å². The molecule has 0 bridgehead atoms. The van der Waals surface area contributed by atoms with Crippen molar-refractivity contribution >= 4 is 0 Å². The number of likely N-dealkylation sites (tertiary alicyclic amines) is 1. The molecule has 0 radical (unpaired) electrons. The van der Waals surface area contributed by atoms with Gasteiger partial charge >= 0.3 is 0 Å². The number of benzene rings is 1. The van der Waals surface area contributed by atoms with Crippen molar-refractivity contribution in [3.63, 3.8) is 0 Å². The Kier molecular flexibility index (Phi) is 5.28. The average Bonchev–Trinajstić information content (AvgIpc) is 2.93. The summed E-state index contributed by atoms with van der Waals surface area (Å²) in [4.78, 5) is 2.61. The standard InChI is InChI=1S/C18H28N2O/c1-15-18(10-14-21-15)19-17-8-12-20(13-9-17)11-7-16-5-3-2-4-6-16/h2-6,15,17-19H,7-14H2,1H3. The summed E-state index contributed by atoms with van der Waals surface area (Å²) in [6, 6.07) is 12.1. The van der Waals surface area contributed by atoms with E-state index in [1.165, 1.54) is 50.9 Å². The number of hydrogen-bond acceptors (Lipinski definition) is 3. The van der Waals surface area contributed by atoms with Gasteiger partial charge in [0.05, 0.1) is 6.10 Å². The van der Waals surface area contributed by atoms with Crippen molar-refractivity contribution < 1.29 is 4.74 Å². The maximum atomic E-state index is 5.64. The SMILES string of the molecule is CC1OCCC1NC1CCN(CCc2ccccc2)CC1. The number of piperidine rings is 1. The summed E-state index contributed by atoms with van der Waals surface area (Å²) in [6.07, 6.45) is 5.29. The molecule has 1 aromatic carbocycles. The molecular weight excluding hydrogens is 260 g/mol. The van der Waals surface area contributed by atoms with Crippen LogP contribution in [-0.2, 0) is 11.2 Å². The van der Waals surface area contributed by atoms with Gasteiger partial charge in [0, 0.05) is 25.2 Å². The highest BCUT2D eigenvalue weighted by atomic mass is 16.5. The van der Waals surface area contributed by atoms with Gasteiger partial charge < -0.3 is 15.0 Å². The fourth-order valence-corrected chi connectivity index (χ4v) is 3.51. The Labute approximate surface area is 128 Å². The van der Waals surface area contributed by atoms with Gasteiger partial charge in [0.2, 0.25) is 0 Å². The zero-order valence-corrected chi connectivity index (χ0v) is 13.1. The lowest BCUT2D eigenvalue weighted by Crippen LogP contribution is -2.48. The highest BCUT2D eigenvalue weighted by Gasteiger charge is 2.28. The zero-order chi connectivity index (χ0) is 14.5. The van der Waals surface area contributed by atoms with E-state index >= 15 is 0 Å². The fraction of sp³-hybridized carbons (Fsp3) is 0.667. The van der Waals surface area contributed by atoms with Crippen molar-refractivity contribution in [2.45, 2.75) is 50.8 Å². The van der Waals surface area contributed by atoms with Crippen molar-refractivity contribution in [1.29, 1.82) is 0 Å². The second kappa shape index (κ2) is 7.39. The molecular formula is C18H28N2O. The predicted molar refractivity (Wildman–Crippen MR) is 86.6 cm³/mol. The number of rotatable bonds is 5. The molecule has 0 saturated carbocycles. The molecule has 3 rings (SSSR count). The Morgan fingerprint density at radius 2 is 1.90 bits per heavy atom. The van der Waals surface area contributed by atoms with Gasteiger partial charge in [-0.2, -0.15) is 0 Å². The molecule has 2 aliphatic rings. The highest BCUT2D eigenvalue weighted by Crippen LogP contribution is 2.17. The van der Waals surface area contributed by atoms with Crippen molar-refractivity contribution in [3.05, 3.63) is 35.9 Å². The third-order valence-electron chi connectivity index (χ3n) is 4.97. The summed E-state index contributed by atoms with van der Waals surface area (Å²) < 4.78 is 5.64. The first kappa shape index (κ1) is 15.0. The molecule has 2 aliphatic heterocycles. The Balaban J connectivity index is 1.37. The van der Waals surface area contributed by atoms with Crippen molar-refractivity contribution in [1.82, 2.24) is 10.2 Å². The van der Waals surface area contributed by atoms with Gasteiger partial charge in [-0.1, -0.05) is 30.3 Å². The molecule has 2 saturated heterocycles. The molecule has 1 aromatic rings. The smallest absolute Gasteiger partial charge is 0.0700 e. The second-order valence-electron chi connectivity index (χ2n) is 6.49. The van der Waals surface area contributed by atoms with Gasteiger partial charge in [0.25, 0.3) is 0 Å². The van der Waals surface area contributed by atoms with E-state index in [-0.39, 0.29) is 0 Å². The van der Waals surface area contributed by atoms with Crippen LogP contribution in [0.2, 0.25) is 0 Å². The average molecular weight is 288 g/mol. The minimum Gasteiger partial charge on any atom is -0.377 e. The predicted octanol–water partition coefficient (Wildman–Crippen LogP) is 2.46. The molecule has 2 atom stereocenters. The monoisotopic (exact) mass is 288 g/mol. The lowest BCUT2D eigenvalue weighted by atomic mass is 10.0. The van der Waals surface area contributed by atoms with E-state index in [0.29, 0.717) is 18.2 Å². The number of nitrogens with zero attached hydrogens (tertiary/aromatic N) is 1. The summed E-state index contributed by atoms with van der Waals surface area (Å²) in [5.41, 5.74) is 1.45. The van der Waals surface area contributed by atoms with E-state index in [1.807, 2.05) is 0 Å². The molecule has 3 nitrogen and oxygen atoms in total. The highest BCUT2D eigenvalue weighted by molar-refractivity contribution is 5.14. The molecule has 3 heteroatoms. The Hall–Kier alpha value is -0.900. The van der Waals surface area contributed by atoms with Crippen molar-refractivity contribution in [2.75, 3.05) is 26.2 Å². The molecule has 0 aromatic heterocycles. The molecule has 0 aliphatic carbocycles. The Morgan fingerprint density at radius 3 is 2.57 bits per heavy atom. The summed E-state index contributed by atoms with van der Waals surface area (Å²) >= 11 is 0. The molecule has 21 heavy (non-hydrogen) atoms. The largest absolute Gasteiger partial charge is 0.377 e. The molecule has 0 amide bonds. The lowest BCUT2D eigenvalue weighted by Gasteiger charge is -2.34. The molecule has 2 unspecified atom stereocenters. The minimum atomic E-state index is 0.390. The van der Waals surface area contributed by atoms with E-state index in [4.69, 9.17) is 4.74 Å². The maximum absolute atomic E-state index is 5.64. The first-order chi connectivity index (χ1) is 10.3. The van der Waals surface area contributed by atoms with E-state index in [0.717, 1.165) is 6.61 Å². The van der Waals surface area contributed by atoms with Crippen LogP contribution >= 0.6 is 0 Å². The third-order valence-corrected chi connectivity index (χ3v) is 4.97. The van der Waals surface area contributed by atoms with Gasteiger partial charge in [-0.05, 0) is 51.3 Å². The lowest BCUT2D eigenvalue weighted by molar-refractivity contribution is 0.106. The van der Waals surface area contributed by atoms with Gasteiger partial charge in [0.1, 0.15) is 0 Å². The van der Waals surface area contributed by atoms with Crippen LogP contribution in [0.4, 0.5) is 0 Å². The summed E-state index contributed by atoms with van der Waals surface area (Å²) in [5, 5.41) is 3.81. The van der Waals surface area contributed by atoms with Gasteiger partial charge in [-0.3, -0.25) is 0 Å². The minimum absolute atomic E-state index is 0.390. The zero-order valence-electron chi connectivity index (χ0n) is 13.1. The van der Waals surface area contributed by atoms with E-state index in [1.54, 1.807) is 0 Å². The third kappa shape index (κ3) is 4.29. The van der Waals surface area contributed by atoms with Crippen LogP contribution in [-0.4, -0.2) is 49.3 Å². The fourth-order valence-electron chi connectivity index (χ4n) is 3.51. The quantitative estimate of drug-likeness (QED) is 0.901. The summed E-state index contributed by atoms with van der Waals surface area (Å²) in [5.74, 6) is 0. The molecule has 2 heterocycles. The van der Waals surface area contributed by atoms with Crippen LogP contribution < -0.4 is 5.32 Å². The first-order valence-electron chi connectivity index (χ1n) is 8.45. The Bertz CT molecular complexity index is 414. The first-order valence-corrected chi connectivity index (χ1v) is 8.45. The number of nitrogens with one attached hydrogen (secondary N) is 1. The summed E-state index contributed by atoms with van der Waals surface area (Å²) in [6.45, 7) is 6.77. The van der Waals surface area contributed by atoms with Crippen molar-refractivity contribution in [2.24, 2.45) is 0 Å². The van der Waals surface area contributed by atoms with Gasteiger partial charge in [-0.15, -0.1) is 0 Å². The van der Waals surface area contributed by atoms with E-state index in [9.17, 15) is 0 Å². The van der Waals surface area contributed by atoms with E-state index < -0.39 is 0 Å². The number of hydrogen-bond donors (Lipinski definition) is 1. The molecule has 0 spiro atoms. The Morgan fingerprint density at radius 1 is 1.14 bits per heavy atom. The van der Waals surface area contributed by atoms with Gasteiger partial charge in [0.15, 0.2) is 0 Å². The van der Waals surface area contributed by atoms with Crippen LogP contribution in [0.3, 0.4) is 0 Å². The van der Waals surface area contributed by atoms with Crippen LogP contribution in [0.25, 0.3) is 0 Å². The number of ether oxygens (including phenoxy) is 1. The second-order valence-corrected chi connectivity index (χ2v) is 6.49. The maximum Gasteiger partial charge on any atom is 0.0700 e. The normalized spacial score (nSPS) is 28.0. The van der Waals surface area contributed by atoms with E-state index in [2.05, 4.69) is 47.5 Å². The van der Waals surface area contributed by atoms with Crippen LogP contribution in [0, 0.1) is 0 Å². The van der Waals surface area contributed by atoms with Crippen LogP contribution in [0.1, 0.15) is 31.7 Å². The van der Waals surface area contributed by atoms with Crippen molar-refractivity contribution in [3.8, 4) is 0 Å². The topological polar surface area (TPSA) is 24.5 Å².